The number of carbonyl (C=O) groups excluding carboxylic acids is 1. The lowest BCUT2D eigenvalue weighted by molar-refractivity contribution is 0.0736. The second-order valence-electron chi connectivity index (χ2n) is 5.19. The molecule has 2 aromatic carbocycles. The van der Waals surface area contributed by atoms with Crippen molar-refractivity contribution in [2.24, 2.45) is 0 Å². The molecule has 1 fully saturated rings. The number of halogens is 2. The molecule has 108 valence electrons. The van der Waals surface area contributed by atoms with Crippen LogP contribution in [0.15, 0.2) is 48.5 Å². The number of benzene rings is 2. The molecule has 21 heavy (non-hydrogen) atoms. The molecule has 0 unspecified atom stereocenters. The molecule has 1 aliphatic heterocycles. The van der Waals surface area contributed by atoms with E-state index in [4.69, 9.17) is 23.2 Å². The van der Waals surface area contributed by atoms with E-state index in [-0.39, 0.29) is 11.9 Å². The first-order valence-electron chi connectivity index (χ1n) is 6.98. The minimum absolute atomic E-state index is 0.0474. The zero-order valence-electron chi connectivity index (χ0n) is 11.4. The largest absolute Gasteiger partial charge is 0.332 e. The fraction of sp³-hybridized carbons (Fsp3) is 0.235. The van der Waals surface area contributed by atoms with Crippen LogP contribution in [0.3, 0.4) is 0 Å². The van der Waals surface area contributed by atoms with Crippen LogP contribution in [-0.2, 0) is 0 Å². The molecule has 1 heterocycles. The van der Waals surface area contributed by atoms with Gasteiger partial charge in [0.25, 0.3) is 5.91 Å². The minimum Gasteiger partial charge on any atom is -0.332 e. The quantitative estimate of drug-likeness (QED) is 0.765. The number of rotatable bonds is 2. The number of amides is 1. The van der Waals surface area contributed by atoms with Gasteiger partial charge in [0.05, 0.1) is 16.6 Å². The van der Waals surface area contributed by atoms with Crippen molar-refractivity contribution in [3.05, 3.63) is 69.7 Å². The topological polar surface area (TPSA) is 20.3 Å². The highest BCUT2D eigenvalue weighted by Gasteiger charge is 2.31. The number of nitrogens with zero attached hydrogens (tertiary/aromatic N) is 1. The smallest absolute Gasteiger partial charge is 0.255 e. The Morgan fingerprint density at radius 2 is 1.86 bits per heavy atom. The molecule has 1 aliphatic rings. The van der Waals surface area contributed by atoms with Crippen LogP contribution in [0.4, 0.5) is 0 Å². The summed E-state index contributed by atoms with van der Waals surface area (Å²) in [5.74, 6) is -0.0474. The predicted molar refractivity (Wildman–Crippen MR) is 85.9 cm³/mol. The van der Waals surface area contributed by atoms with Crippen molar-refractivity contribution in [1.82, 2.24) is 4.90 Å². The fourth-order valence-electron chi connectivity index (χ4n) is 2.85. The summed E-state index contributed by atoms with van der Waals surface area (Å²) in [6.07, 6.45) is 1.98. The lowest BCUT2D eigenvalue weighted by Crippen LogP contribution is -2.30. The highest BCUT2D eigenvalue weighted by molar-refractivity contribution is 6.35. The van der Waals surface area contributed by atoms with Crippen LogP contribution in [0.1, 0.15) is 34.8 Å². The van der Waals surface area contributed by atoms with Gasteiger partial charge in [0.1, 0.15) is 0 Å². The number of hydrogen-bond donors (Lipinski definition) is 0. The lowest BCUT2D eigenvalue weighted by atomic mass is 10.0. The molecule has 0 radical (unpaired) electrons. The molecule has 0 N–H and O–H groups in total. The van der Waals surface area contributed by atoms with Crippen LogP contribution < -0.4 is 0 Å². The van der Waals surface area contributed by atoms with Gasteiger partial charge in [-0.1, -0.05) is 53.5 Å². The lowest BCUT2D eigenvalue weighted by Gasteiger charge is -2.25. The van der Waals surface area contributed by atoms with Gasteiger partial charge in [0.2, 0.25) is 0 Å². The van der Waals surface area contributed by atoms with Gasteiger partial charge in [0.15, 0.2) is 0 Å². The van der Waals surface area contributed by atoms with Crippen molar-refractivity contribution in [1.29, 1.82) is 0 Å². The van der Waals surface area contributed by atoms with Gasteiger partial charge in [0, 0.05) is 11.6 Å². The number of hydrogen-bond acceptors (Lipinski definition) is 1. The maximum absolute atomic E-state index is 12.8. The fourth-order valence-corrected chi connectivity index (χ4v) is 3.22. The molecule has 0 saturated carbocycles. The molecule has 1 atom stereocenters. The van der Waals surface area contributed by atoms with E-state index in [1.807, 2.05) is 23.1 Å². The third-order valence-corrected chi connectivity index (χ3v) is 4.42. The van der Waals surface area contributed by atoms with E-state index in [1.165, 1.54) is 5.56 Å². The van der Waals surface area contributed by atoms with Gasteiger partial charge in [-0.05, 0) is 36.6 Å². The van der Waals surface area contributed by atoms with Crippen molar-refractivity contribution < 1.29 is 4.79 Å². The molecule has 2 aromatic rings. The monoisotopic (exact) mass is 319 g/mol. The van der Waals surface area contributed by atoms with Crippen molar-refractivity contribution in [3.8, 4) is 0 Å². The van der Waals surface area contributed by atoms with Crippen LogP contribution in [0, 0.1) is 0 Å². The van der Waals surface area contributed by atoms with Crippen molar-refractivity contribution in [2.45, 2.75) is 18.9 Å². The van der Waals surface area contributed by atoms with Crippen LogP contribution in [0.25, 0.3) is 0 Å². The average molecular weight is 320 g/mol. The van der Waals surface area contributed by atoms with Crippen molar-refractivity contribution >= 4 is 29.1 Å². The number of carbonyl (C=O) groups is 1. The van der Waals surface area contributed by atoms with Gasteiger partial charge < -0.3 is 4.90 Å². The molecule has 0 bridgehead atoms. The molecule has 0 spiro atoms. The Bertz CT molecular complexity index is 657. The van der Waals surface area contributed by atoms with E-state index in [1.54, 1.807) is 18.2 Å². The summed E-state index contributed by atoms with van der Waals surface area (Å²) < 4.78 is 0. The summed E-state index contributed by atoms with van der Waals surface area (Å²) in [5.41, 5.74) is 1.65. The van der Waals surface area contributed by atoms with E-state index in [9.17, 15) is 4.79 Å². The van der Waals surface area contributed by atoms with E-state index < -0.39 is 0 Å². The molecular formula is C17H15Cl2NO. The maximum atomic E-state index is 12.8. The molecular weight excluding hydrogens is 305 g/mol. The Labute approximate surface area is 134 Å². The first-order chi connectivity index (χ1) is 10.2. The summed E-state index contributed by atoms with van der Waals surface area (Å²) in [5, 5.41) is 0.973. The Morgan fingerprint density at radius 1 is 1.10 bits per heavy atom. The molecule has 1 amide bonds. The Balaban J connectivity index is 1.92. The molecule has 2 nitrogen and oxygen atoms in total. The first kappa shape index (κ1) is 14.4. The second kappa shape index (κ2) is 6.08. The van der Waals surface area contributed by atoms with Gasteiger partial charge in [-0.3, -0.25) is 4.79 Å². The van der Waals surface area contributed by atoms with Crippen LogP contribution in [0.5, 0.6) is 0 Å². The van der Waals surface area contributed by atoms with Crippen molar-refractivity contribution in [2.75, 3.05) is 6.54 Å². The normalized spacial score (nSPS) is 18.0. The Hall–Kier alpha value is -1.51. The van der Waals surface area contributed by atoms with Crippen molar-refractivity contribution in [3.63, 3.8) is 0 Å². The highest BCUT2D eigenvalue weighted by Crippen LogP contribution is 2.34. The maximum Gasteiger partial charge on any atom is 0.255 e. The molecule has 1 saturated heterocycles. The minimum atomic E-state index is -0.0474. The van der Waals surface area contributed by atoms with Gasteiger partial charge >= 0.3 is 0 Å². The van der Waals surface area contributed by atoms with E-state index in [0.29, 0.717) is 15.6 Å². The Morgan fingerprint density at radius 3 is 2.62 bits per heavy atom. The average Bonchev–Trinajstić information content (AvgIpc) is 2.99. The first-order valence-corrected chi connectivity index (χ1v) is 7.73. The number of likely N-dealkylation sites (tertiary alicyclic amines) is 1. The zero-order chi connectivity index (χ0) is 14.8. The van der Waals surface area contributed by atoms with E-state index >= 15 is 0 Å². The van der Waals surface area contributed by atoms with Crippen LogP contribution in [0.2, 0.25) is 10.0 Å². The van der Waals surface area contributed by atoms with Crippen LogP contribution in [-0.4, -0.2) is 17.4 Å². The van der Waals surface area contributed by atoms with E-state index in [0.717, 1.165) is 19.4 Å². The molecule has 3 rings (SSSR count). The summed E-state index contributed by atoms with van der Waals surface area (Å²) in [7, 11) is 0. The molecule has 0 aromatic heterocycles. The van der Waals surface area contributed by atoms with E-state index in [2.05, 4.69) is 12.1 Å². The summed E-state index contributed by atoms with van der Waals surface area (Å²) >= 11 is 12.1. The third kappa shape index (κ3) is 2.92. The van der Waals surface area contributed by atoms with Gasteiger partial charge in [-0.2, -0.15) is 0 Å². The Kier molecular flexibility index (Phi) is 4.18. The predicted octanol–water partition coefficient (Wildman–Crippen LogP) is 4.97. The standard InChI is InChI=1S/C17H15Cl2NO/c18-13-8-9-15(19)14(11-13)17(21)20-10-4-7-16(20)12-5-2-1-3-6-12/h1-3,5-6,8-9,11,16H,4,7,10H2/t16-/m0/s1. The van der Waals surface area contributed by atoms with Gasteiger partial charge in [-0.25, -0.2) is 0 Å². The SMILES string of the molecule is O=C(c1cc(Cl)ccc1Cl)N1CCC[C@H]1c1ccccc1. The molecule has 0 aliphatic carbocycles. The zero-order valence-corrected chi connectivity index (χ0v) is 12.9. The summed E-state index contributed by atoms with van der Waals surface area (Å²) in [6, 6.07) is 15.3. The summed E-state index contributed by atoms with van der Waals surface area (Å²) in [4.78, 5) is 14.7. The second-order valence-corrected chi connectivity index (χ2v) is 6.04. The highest BCUT2D eigenvalue weighted by atomic mass is 35.5. The molecule has 4 heteroatoms. The van der Waals surface area contributed by atoms with Gasteiger partial charge in [-0.15, -0.1) is 0 Å². The summed E-state index contributed by atoms with van der Waals surface area (Å²) in [6.45, 7) is 0.751. The third-order valence-electron chi connectivity index (χ3n) is 3.86. The van der Waals surface area contributed by atoms with Crippen LogP contribution >= 0.6 is 23.2 Å².